The van der Waals surface area contributed by atoms with Crippen molar-refractivity contribution in [3.63, 3.8) is 0 Å². The van der Waals surface area contributed by atoms with Crippen LogP contribution in [0.2, 0.25) is 10.0 Å². The first-order valence-corrected chi connectivity index (χ1v) is 10.5. The second-order valence-electron chi connectivity index (χ2n) is 6.16. The number of halogens is 2. The first-order chi connectivity index (χ1) is 14.1. The number of carbonyl (C=O) groups excluding carboxylic acids is 1. The third-order valence-electron chi connectivity index (χ3n) is 4.24. The molecule has 0 aliphatic rings. The van der Waals surface area contributed by atoms with Crippen molar-refractivity contribution < 1.29 is 9.53 Å². The van der Waals surface area contributed by atoms with Crippen LogP contribution in [0, 0.1) is 0 Å². The summed E-state index contributed by atoms with van der Waals surface area (Å²) in [4.78, 5) is 19.7. The van der Waals surface area contributed by atoms with Gasteiger partial charge in [-0.1, -0.05) is 46.7 Å². The van der Waals surface area contributed by atoms with E-state index < -0.39 is 0 Å². The maximum atomic E-state index is 13.5. The van der Waals surface area contributed by atoms with Gasteiger partial charge in [-0.2, -0.15) is 0 Å². The molecule has 0 saturated carbocycles. The molecule has 0 spiro atoms. The predicted molar refractivity (Wildman–Crippen MR) is 120 cm³/mol. The van der Waals surface area contributed by atoms with Gasteiger partial charge >= 0.3 is 0 Å². The minimum absolute atomic E-state index is 0.283. The summed E-state index contributed by atoms with van der Waals surface area (Å²) in [6.07, 6.45) is 0. The van der Waals surface area contributed by atoms with E-state index in [1.807, 2.05) is 55.5 Å². The highest BCUT2D eigenvalue weighted by atomic mass is 35.5. The molecular weight excluding hydrogens is 427 g/mol. The van der Waals surface area contributed by atoms with Crippen LogP contribution in [0.1, 0.15) is 17.3 Å². The Labute approximate surface area is 182 Å². The first-order valence-electron chi connectivity index (χ1n) is 8.95. The van der Waals surface area contributed by atoms with Crippen molar-refractivity contribution in [3.8, 4) is 5.75 Å². The molecule has 0 aliphatic heterocycles. The topological polar surface area (TPSA) is 42.4 Å². The number of rotatable bonds is 5. The van der Waals surface area contributed by atoms with Gasteiger partial charge in [-0.05, 0) is 61.5 Å². The monoisotopic (exact) mass is 442 g/mol. The van der Waals surface area contributed by atoms with Gasteiger partial charge in [0.1, 0.15) is 5.75 Å². The minimum atomic E-state index is -0.283. The SMILES string of the molecule is CCOc1ccc(N(C(=O)c2ccc(Cl)cc2Cl)c2nc3ccccc3s2)cc1. The van der Waals surface area contributed by atoms with Crippen molar-refractivity contribution >= 4 is 61.5 Å². The Morgan fingerprint density at radius 1 is 1.07 bits per heavy atom. The molecule has 0 unspecified atom stereocenters. The van der Waals surface area contributed by atoms with Crippen LogP contribution in [0.4, 0.5) is 10.8 Å². The molecule has 0 saturated heterocycles. The number of carbonyl (C=O) groups is 1. The first kappa shape index (κ1) is 19.7. The van der Waals surface area contributed by atoms with Crippen LogP contribution in [0.3, 0.4) is 0 Å². The number of aromatic nitrogens is 1. The minimum Gasteiger partial charge on any atom is -0.494 e. The lowest BCUT2D eigenvalue weighted by molar-refractivity contribution is 0.0999. The average Bonchev–Trinajstić information content (AvgIpc) is 3.13. The molecule has 7 heteroatoms. The highest BCUT2D eigenvalue weighted by Crippen LogP contribution is 2.36. The predicted octanol–water partition coefficient (Wildman–Crippen LogP) is 6.98. The van der Waals surface area contributed by atoms with Gasteiger partial charge in [0.05, 0.1) is 33.1 Å². The molecule has 0 fully saturated rings. The molecule has 0 aliphatic carbocycles. The molecule has 4 aromatic rings. The number of benzene rings is 3. The summed E-state index contributed by atoms with van der Waals surface area (Å²) in [5.41, 5.74) is 1.85. The maximum absolute atomic E-state index is 13.5. The van der Waals surface area contributed by atoms with Crippen molar-refractivity contribution in [1.82, 2.24) is 4.98 Å². The summed E-state index contributed by atoms with van der Waals surface area (Å²) >= 11 is 13.8. The molecule has 29 heavy (non-hydrogen) atoms. The molecule has 146 valence electrons. The van der Waals surface area contributed by atoms with E-state index in [9.17, 15) is 4.79 Å². The summed E-state index contributed by atoms with van der Waals surface area (Å²) in [5.74, 6) is 0.451. The van der Waals surface area contributed by atoms with Crippen molar-refractivity contribution in [1.29, 1.82) is 0 Å². The number of ether oxygens (including phenoxy) is 1. The third-order valence-corrected chi connectivity index (χ3v) is 5.81. The van der Waals surface area contributed by atoms with Gasteiger partial charge in [-0.25, -0.2) is 4.98 Å². The fourth-order valence-electron chi connectivity index (χ4n) is 2.91. The molecule has 0 bridgehead atoms. The molecular formula is C22H16Cl2N2O2S. The van der Waals surface area contributed by atoms with E-state index in [-0.39, 0.29) is 5.91 Å². The van der Waals surface area contributed by atoms with E-state index in [4.69, 9.17) is 27.9 Å². The van der Waals surface area contributed by atoms with Crippen molar-refractivity contribution in [3.05, 3.63) is 82.3 Å². The van der Waals surface area contributed by atoms with Gasteiger partial charge in [0.15, 0.2) is 5.13 Å². The molecule has 1 heterocycles. The van der Waals surface area contributed by atoms with Crippen LogP contribution in [-0.4, -0.2) is 17.5 Å². The van der Waals surface area contributed by atoms with E-state index in [1.54, 1.807) is 23.1 Å². The van der Waals surface area contributed by atoms with Crippen LogP contribution in [0.25, 0.3) is 10.2 Å². The Morgan fingerprint density at radius 2 is 1.83 bits per heavy atom. The van der Waals surface area contributed by atoms with Gasteiger partial charge < -0.3 is 4.74 Å². The largest absolute Gasteiger partial charge is 0.494 e. The highest BCUT2D eigenvalue weighted by Gasteiger charge is 2.25. The van der Waals surface area contributed by atoms with E-state index >= 15 is 0 Å². The molecule has 0 atom stereocenters. The number of para-hydroxylation sites is 1. The lowest BCUT2D eigenvalue weighted by atomic mass is 10.2. The summed E-state index contributed by atoms with van der Waals surface area (Å²) in [7, 11) is 0. The summed E-state index contributed by atoms with van der Waals surface area (Å²) in [6.45, 7) is 2.49. The third kappa shape index (κ3) is 4.08. The van der Waals surface area contributed by atoms with Crippen LogP contribution in [-0.2, 0) is 0 Å². The number of nitrogens with zero attached hydrogens (tertiary/aromatic N) is 2. The smallest absolute Gasteiger partial charge is 0.266 e. The average molecular weight is 443 g/mol. The molecule has 1 amide bonds. The summed E-state index contributed by atoms with van der Waals surface area (Å²) < 4.78 is 6.51. The Hall–Kier alpha value is -2.60. The fraction of sp³-hybridized carbons (Fsp3) is 0.0909. The lowest BCUT2D eigenvalue weighted by Crippen LogP contribution is -2.26. The van der Waals surface area contributed by atoms with E-state index in [1.165, 1.54) is 11.3 Å². The van der Waals surface area contributed by atoms with Crippen LogP contribution < -0.4 is 9.64 Å². The molecule has 0 radical (unpaired) electrons. The quantitative estimate of drug-likeness (QED) is 0.334. The normalized spacial score (nSPS) is 10.9. The van der Waals surface area contributed by atoms with Crippen molar-refractivity contribution in [2.75, 3.05) is 11.5 Å². The van der Waals surface area contributed by atoms with E-state index in [2.05, 4.69) is 4.98 Å². The van der Waals surface area contributed by atoms with E-state index in [0.29, 0.717) is 33.0 Å². The number of anilines is 2. The molecule has 1 aromatic heterocycles. The zero-order chi connectivity index (χ0) is 20.4. The van der Waals surface area contributed by atoms with Gasteiger partial charge in [0.2, 0.25) is 0 Å². The van der Waals surface area contributed by atoms with E-state index in [0.717, 1.165) is 16.0 Å². The summed E-state index contributed by atoms with van der Waals surface area (Å²) in [5, 5.41) is 1.32. The van der Waals surface area contributed by atoms with Gasteiger partial charge in [-0.15, -0.1) is 0 Å². The van der Waals surface area contributed by atoms with Gasteiger partial charge in [0.25, 0.3) is 5.91 Å². The molecule has 3 aromatic carbocycles. The number of thiazole rings is 1. The number of fused-ring (bicyclic) bond motifs is 1. The zero-order valence-corrected chi connectivity index (χ0v) is 17.8. The number of hydrogen-bond donors (Lipinski definition) is 0. The maximum Gasteiger partial charge on any atom is 0.266 e. The molecule has 0 N–H and O–H groups in total. The second-order valence-corrected chi connectivity index (χ2v) is 8.01. The number of amides is 1. The Balaban J connectivity index is 1.82. The van der Waals surface area contributed by atoms with Gasteiger partial charge in [-0.3, -0.25) is 9.69 Å². The van der Waals surface area contributed by atoms with Crippen molar-refractivity contribution in [2.24, 2.45) is 0 Å². The Kier molecular flexibility index (Phi) is 5.72. The standard InChI is InChI=1S/C22H16Cl2N2O2S/c1-2-28-16-10-8-15(9-11-16)26(21(27)17-12-7-14(23)13-18(17)24)22-25-19-5-3-4-6-20(19)29-22/h3-13H,2H2,1H3. The zero-order valence-electron chi connectivity index (χ0n) is 15.4. The van der Waals surface area contributed by atoms with Crippen LogP contribution >= 0.6 is 34.5 Å². The molecule has 4 nitrogen and oxygen atoms in total. The molecule has 4 rings (SSSR count). The van der Waals surface area contributed by atoms with Crippen molar-refractivity contribution in [2.45, 2.75) is 6.92 Å². The van der Waals surface area contributed by atoms with Crippen LogP contribution in [0.15, 0.2) is 66.7 Å². The summed E-state index contributed by atoms with van der Waals surface area (Å²) in [6, 6.07) is 19.9. The highest BCUT2D eigenvalue weighted by molar-refractivity contribution is 7.22. The van der Waals surface area contributed by atoms with Gasteiger partial charge in [0, 0.05) is 5.02 Å². The lowest BCUT2D eigenvalue weighted by Gasteiger charge is -2.21. The Morgan fingerprint density at radius 3 is 2.52 bits per heavy atom. The Bertz CT molecular complexity index is 1140. The number of hydrogen-bond acceptors (Lipinski definition) is 4. The van der Waals surface area contributed by atoms with Crippen LogP contribution in [0.5, 0.6) is 5.75 Å². The fourth-order valence-corrected chi connectivity index (χ4v) is 4.39. The second kappa shape index (κ2) is 8.41.